The van der Waals surface area contributed by atoms with Crippen molar-refractivity contribution in [3.63, 3.8) is 0 Å². The van der Waals surface area contributed by atoms with Crippen molar-refractivity contribution in [1.29, 1.82) is 0 Å². The Morgan fingerprint density at radius 2 is 1.81 bits per heavy atom. The fourth-order valence-electron chi connectivity index (χ4n) is 5.44. The zero-order valence-electron chi connectivity index (χ0n) is 18.4. The summed E-state index contributed by atoms with van der Waals surface area (Å²) in [6.07, 6.45) is 3.21. The molecule has 2 heterocycles. The summed E-state index contributed by atoms with van der Waals surface area (Å²) in [5.41, 5.74) is 3.41. The van der Waals surface area contributed by atoms with Crippen molar-refractivity contribution >= 4 is 17.4 Å². The van der Waals surface area contributed by atoms with E-state index in [0.717, 1.165) is 44.7 Å². The number of nitrogens with zero attached hydrogens (tertiary/aromatic N) is 3. The van der Waals surface area contributed by atoms with Gasteiger partial charge in [0.15, 0.2) is 0 Å². The summed E-state index contributed by atoms with van der Waals surface area (Å²) in [5.74, 6) is 0.280. The molecule has 2 aliphatic heterocycles. The zero-order valence-corrected chi connectivity index (χ0v) is 18.4. The Bertz CT molecular complexity index is 945. The van der Waals surface area contributed by atoms with Gasteiger partial charge in [0.05, 0.1) is 0 Å². The summed E-state index contributed by atoms with van der Waals surface area (Å²) >= 11 is 0. The van der Waals surface area contributed by atoms with Crippen molar-refractivity contribution < 1.29 is 9.18 Å². The van der Waals surface area contributed by atoms with Crippen LogP contribution in [0.1, 0.15) is 24.8 Å². The molecular formula is C25H31FN4O. The lowest BCUT2D eigenvalue weighted by Gasteiger charge is -2.32. The van der Waals surface area contributed by atoms with Crippen molar-refractivity contribution in [3.8, 4) is 0 Å². The standard InChI is InChI=1S/C25H31FN4O/c1-28(2)23-11-13-29(17-23)22-9-7-21(8-10-22)27-24(31)30-14-12-25(15-19(25)16-30)18-3-5-20(26)6-4-18/h3-10,19,23H,11-17H2,1-2H3,(H,27,31). The normalized spacial score (nSPS) is 27.4. The first kappa shape index (κ1) is 20.3. The maximum Gasteiger partial charge on any atom is 0.321 e. The van der Waals surface area contributed by atoms with Crippen LogP contribution in [0.3, 0.4) is 0 Å². The Hall–Kier alpha value is -2.60. The number of benzene rings is 2. The molecule has 1 saturated carbocycles. The quantitative estimate of drug-likeness (QED) is 0.804. The predicted molar refractivity (Wildman–Crippen MR) is 122 cm³/mol. The molecule has 1 aliphatic carbocycles. The van der Waals surface area contributed by atoms with E-state index >= 15 is 0 Å². The molecule has 2 aromatic rings. The average molecular weight is 423 g/mol. The molecule has 0 radical (unpaired) electrons. The maximum absolute atomic E-state index is 13.3. The van der Waals surface area contributed by atoms with E-state index in [0.29, 0.717) is 12.0 Å². The predicted octanol–water partition coefficient (Wildman–Crippen LogP) is 4.16. The molecule has 1 N–H and O–H groups in total. The molecule has 2 amide bonds. The van der Waals surface area contributed by atoms with Crippen LogP contribution in [0.4, 0.5) is 20.6 Å². The Morgan fingerprint density at radius 3 is 2.45 bits per heavy atom. The summed E-state index contributed by atoms with van der Waals surface area (Å²) < 4.78 is 13.3. The van der Waals surface area contributed by atoms with Gasteiger partial charge in [0.2, 0.25) is 0 Å². The van der Waals surface area contributed by atoms with Crippen molar-refractivity contribution in [2.45, 2.75) is 30.7 Å². The molecule has 2 aromatic carbocycles. The minimum absolute atomic E-state index is 0.0267. The fourth-order valence-corrected chi connectivity index (χ4v) is 5.44. The van der Waals surface area contributed by atoms with E-state index in [-0.39, 0.29) is 17.3 Å². The van der Waals surface area contributed by atoms with E-state index in [2.05, 4.69) is 41.3 Å². The maximum atomic E-state index is 13.3. The molecule has 31 heavy (non-hydrogen) atoms. The first-order valence-corrected chi connectivity index (χ1v) is 11.3. The third-order valence-electron chi connectivity index (χ3n) is 7.58. The molecule has 3 fully saturated rings. The van der Waals surface area contributed by atoms with Gasteiger partial charge in [-0.15, -0.1) is 0 Å². The van der Waals surface area contributed by atoms with Crippen molar-refractivity contribution in [2.24, 2.45) is 5.92 Å². The summed E-state index contributed by atoms with van der Waals surface area (Å²) in [4.78, 5) is 19.4. The first-order chi connectivity index (χ1) is 14.9. The Kier molecular flexibility index (Phi) is 5.13. The second-order valence-electron chi connectivity index (χ2n) is 9.59. The number of amides is 2. The van der Waals surface area contributed by atoms with Gasteiger partial charge < -0.3 is 20.0 Å². The topological polar surface area (TPSA) is 38.8 Å². The molecule has 2 saturated heterocycles. The first-order valence-electron chi connectivity index (χ1n) is 11.3. The highest BCUT2D eigenvalue weighted by atomic mass is 19.1. The highest BCUT2D eigenvalue weighted by molar-refractivity contribution is 5.89. The lowest BCUT2D eigenvalue weighted by Crippen LogP contribution is -2.42. The molecule has 6 heteroatoms. The van der Waals surface area contributed by atoms with Crippen LogP contribution in [-0.2, 0) is 5.41 Å². The summed E-state index contributed by atoms with van der Waals surface area (Å²) in [6, 6.07) is 15.7. The number of halogens is 1. The molecule has 0 bridgehead atoms. The summed E-state index contributed by atoms with van der Waals surface area (Å²) in [6.45, 7) is 3.61. The van der Waals surface area contributed by atoms with E-state index < -0.39 is 0 Å². The molecule has 5 nitrogen and oxygen atoms in total. The molecule has 5 rings (SSSR count). The lowest BCUT2D eigenvalue weighted by atomic mass is 9.87. The number of carbonyl (C=O) groups is 1. The monoisotopic (exact) mass is 422 g/mol. The van der Waals surface area contributed by atoms with Gasteiger partial charge in [-0.3, -0.25) is 0 Å². The van der Waals surface area contributed by atoms with Crippen LogP contribution in [0.5, 0.6) is 0 Å². The average Bonchev–Trinajstić information content (AvgIpc) is 3.30. The van der Waals surface area contributed by atoms with Crippen LogP contribution in [0, 0.1) is 11.7 Å². The van der Waals surface area contributed by atoms with Gasteiger partial charge in [0.25, 0.3) is 0 Å². The second kappa shape index (κ2) is 7.83. The van der Waals surface area contributed by atoms with Gasteiger partial charge in [-0.2, -0.15) is 0 Å². The Labute approximate surface area is 183 Å². The number of piperidine rings is 1. The number of fused-ring (bicyclic) bond motifs is 1. The minimum Gasteiger partial charge on any atom is -0.370 e. The SMILES string of the molecule is CN(C)C1CCN(c2ccc(NC(=O)N3CCC4(c5ccc(F)cc5)CC4C3)cc2)C1. The molecule has 0 aromatic heterocycles. The van der Waals surface area contributed by atoms with Gasteiger partial charge in [-0.05, 0) is 81.2 Å². The number of likely N-dealkylation sites (tertiary alicyclic amines) is 1. The number of carbonyl (C=O) groups excluding carboxylic acids is 1. The van der Waals surface area contributed by atoms with Gasteiger partial charge in [0, 0.05) is 49.0 Å². The van der Waals surface area contributed by atoms with Crippen LogP contribution < -0.4 is 10.2 Å². The Balaban J connectivity index is 1.16. The van der Waals surface area contributed by atoms with Gasteiger partial charge in [-0.1, -0.05) is 12.1 Å². The number of hydrogen-bond donors (Lipinski definition) is 1. The molecule has 3 aliphatic rings. The van der Waals surface area contributed by atoms with Crippen LogP contribution in [-0.4, -0.2) is 62.1 Å². The number of nitrogens with one attached hydrogen (secondary N) is 1. The number of rotatable bonds is 4. The lowest BCUT2D eigenvalue weighted by molar-refractivity contribution is 0.192. The molecule has 0 spiro atoms. The van der Waals surface area contributed by atoms with E-state index in [9.17, 15) is 9.18 Å². The molecule has 164 valence electrons. The Morgan fingerprint density at radius 1 is 1.06 bits per heavy atom. The van der Waals surface area contributed by atoms with E-state index in [4.69, 9.17) is 0 Å². The van der Waals surface area contributed by atoms with Gasteiger partial charge >= 0.3 is 6.03 Å². The molecule has 3 unspecified atom stereocenters. The summed E-state index contributed by atoms with van der Waals surface area (Å²) in [5, 5.41) is 3.07. The van der Waals surface area contributed by atoms with Crippen molar-refractivity contribution in [2.75, 3.05) is 50.5 Å². The van der Waals surface area contributed by atoms with E-state index in [1.54, 1.807) is 12.1 Å². The molecule has 3 atom stereocenters. The number of likely N-dealkylation sites (N-methyl/N-ethyl adjacent to an activating group) is 1. The van der Waals surface area contributed by atoms with Crippen molar-refractivity contribution in [3.05, 3.63) is 59.9 Å². The van der Waals surface area contributed by atoms with E-state index in [1.165, 1.54) is 17.7 Å². The van der Waals surface area contributed by atoms with Crippen LogP contribution >= 0.6 is 0 Å². The minimum atomic E-state index is -0.192. The third kappa shape index (κ3) is 3.89. The van der Waals surface area contributed by atoms with Crippen LogP contribution in [0.25, 0.3) is 0 Å². The number of anilines is 2. The van der Waals surface area contributed by atoms with Crippen LogP contribution in [0.2, 0.25) is 0 Å². The second-order valence-corrected chi connectivity index (χ2v) is 9.59. The smallest absolute Gasteiger partial charge is 0.321 e. The zero-order chi connectivity index (χ0) is 21.6. The highest BCUT2D eigenvalue weighted by Gasteiger charge is 2.57. The molecular weight excluding hydrogens is 391 g/mol. The van der Waals surface area contributed by atoms with Crippen LogP contribution in [0.15, 0.2) is 48.5 Å². The van der Waals surface area contributed by atoms with Crippen molar-refractivity contribution in [1.82, 2.24) is 9.80 Å². The van der Waals surface area contributed by atoms with E-state index in [1.807, 2.05) is 29.2 Å². The fraction of sp³-hybridized carbons (Fsp3) is 0.480. The number of hydrogen-bond acceptors (Lipinski definition) is 3. The third-order valence-corrected chi connectivity index (χ3v) is 7.58. The number of urea groups is 1. The highest BCUT2D eigenvalue weighted by Crippen LogP contribution is 2.59. The largest absolute Gasteiger partial charge is 0.370 e. The van der Waals surface area contributed by atoms with Gasteiger partial charge in [0.1, 0.15) is 5.82 Å². The summed E-state index contributed by atoms with van der Waals surface area (Å²) in [7, 11) is 4.28. The van der Waals surface area contributed by atoms with Gasteiger partial charge in [-0.25, -0.2) is 9.18 Å².